The van der Waals surface area contributed by atoms with E-state index in [0.717, 1.165) is 9.90 Å². The predicted molar refractivity (Wildman–Crippen MR) is 93.4 cm³/mol. The smallest absolute Gasteiger partial charge is 0.227 e. The molecule has 0 bridgehead atoms. The molecule has 0 aliphatic heterocycles. The maximum Gasteiger partial charge on any atom is 0.227 e. The zero-order valence-electron chi connectivity index (χ0n) is 12.5. The van der Waals surface area contributed by atoms with Crippen molar-refractivity contribution in [2.45, 2.75) is 17.2 Å². The predicted octanol–water partition coefficient (Wildman–Crippen LogP) is 3.53. The van der Waals surface area contributed by atoms with Crippen LogP contribution in [0, 0.1) is 0 Å². The van der Waals surface area contributed by atoms with Crippen LogP contribution in [0.25, 0.3) is 11.4 Å². The summed E-state index contributed by atoms with van der Waals surface area (Å²) >= 11 is 8.66. The quantitative estimate of drug-likeness (QED) is 0.515. The normalized spacial score (nSPS) is 10.8. The third-order valence-electron chi connectivity index (χ3n) is 2.96. The molecule has 124 valence electrons. The van der Waals surface area contributed by atoms with Crippen molar-refractivity contribution in [1.29, 1.82) is 0 Å². The highest BCUT2D eigenvalue weighted by atomic mass is 35.5. The molecule has 0 unspecified atom stereocenters. The highest BCUT2D eigenvalue weighted by Gasteiger charge is 2.12. The number of aromatic nitrogens is 4. The molecule has 2 heterocycles. The number of amides is 1. The van der Waals surface area contributed by atoms with E-state index in [4.69, 9.17) is 16.1 Å². The van der Waals surface area contributed by atoms with Gasteiger partial charge in [-0.3, -0.25) is 4.79 Å². The van der Waals surface area contributed by atoms with E-state index in [2.05, 4.69) is 25.7 Å². The van der Waals surface area contributed by atoms with Crippen molar-refractivity contribution in [3.8, 4) is 11.4 Å². The summed E-state index contributed by atoms with van der Waals surface area (Å²) in [5.74, 6) is 0.693. The fourth-order valence-corrected chi connectivity index (χ4v) is 3.13. The number of anilines is 1. The first-order valence-corrected chi connectivity index (χ1v) is 9.32. The van der Waals surface area contributed by atoms with Gasteiger partial charge < -0.3 is 9.84 Å². The standard InChI is InChI=1S/C14H12ClN5O2S2/c1-23-14-19-18-13(24-14)16-10(21)6-7-11-17-12(20-22-11)8-2-4-9(15)5-3-8/h2-5H,6-7H2,1H3,(H,16,18,21). The van der Waals surface area contributed by atoms with Crippen LogP contribution >= 0.6 is 34.7 Å². The lowest BCUT2D eigenvalue weighted by atomic mass is 10.2. The number of halogens is 1. The second-order valence-corrected chi connectivity index (χ2v) is 7.11. The van der Waals surface area contributed by atoms with E-state index in [1.54, 1.807) is 12.1 Å². The van der Waals surface area contributed by atoms with E-state index in [1.165, 1.54) is 23.1 Å². The fraction of sp³-hybridized carbons (Fsp3) is 0.214. The van der Waals surface area contributed by atoms with Crippen LogP contribution in [0.15, 0.2) is 33.1 Å². The van der Waals surface area contributed by atoms with E-state index in [1.807, 2.05) is 18.4 Å². The van der Waals surface area contributed by atoms with Gasteiger partial charge in [-0.15, -0.1) is 10.2 Å². The molecule has 0 saturated heterocycles. The van der Waals surface area contributed by atoms with Crippen LogP contribution in [0.2, 0.25) is 5.02 Å². The number of carbonyl (C=O) groups excluding carboxylic acids is 1. The lowest BCUT2D eigenvalue weighted by Gasteiger charge is -1.98. The summed E-state index contributed by atoms with van der Waals surface area (Å²) in [5.41, 5.74) is 0.803. The molecular weight excluding hydrogens is 370 g/mol. The van der Waals surface area contributed by atoms with Crippen molar-refractivity contribution >= 4 is 45.7 Å². The third-order valence-corrected chi connectivity index (χ3v) is 5.03. The van der Waals surface area contributed by atoms with Crippen molar-refractivity contribution in [3.63, 3.8) is 0 Å². The molecule has 3 rings (SSSR count). The molecular formula is C14H12ClN5O2S2. The van der Waals surface area contributed by atoms with Crippen LogP contribution in [-0.2, 0) is 11.2 Å². The fourth-order valence-electron chi connectivity index (χ4n) is 1.82. The Balaban J connectivity index is 1.55. The molecule has 1 aromatic carbocycles. The average Bonchev–Trinajstić information content (AvgIpc) is 3.23. The van der Waals surface area contributed by atoms with Crippen LogP contribution in [0.4, 0.5) is 5.13 Å². The maximum absolute atomic E-state index is 11.9. The van der Waals surface area contributed by atoms with Gasteiger partial charge in [0.15, 0.2) is 4.34 Å². The van der Waals surface area contributed by atoms with Crippen LogP contribution in [0.3, 0.4) is 0 Å². The highest BCUT2D eigenvalue weighted by molar-refractivity contribution is 8.00. The van der Waals surface area contributed by atoms with Gasteiger partial charge in [0.1, 0.15) is 0 Å². The number of hydrogen-bond donors (Lipinski definition) is 1. The molecule has 0 fully saturated rings. The summed E-state index contributed by atoms with van der Waals surface area (Å²) in [6.07, 6.45) is 2.47. The lowest BCUT2D eigenvalue weighted by Crippen LogP contribution is -2.12. The molecule has 0 aliphatic carbocycles. The summed E-state index contributed by atoms with van der Waals surface area (Å²) in [7, 11) is 0. The van der Waals surface area contributed by atoms with Crippen molar-refractivity contribution in [2.24, 2.45) is 0 Å². The van der Waals surface area contributed by atoms with Crippen molar-refractivity contribution in [2.75, 3.05) is 11.6 Å². The van der Waals surface area contributed by atoms with Crippen molar-refractivity contribution in [1.82, 2.24) is 20.3 Å². The molecule has 24 heavy (non-hydrogen) atoms. The zero-order chi connectivity index (χ0) is 16.9. The first-order valence-electron chi connectivity index (χ1n) is 6.90. The first-order chi connectivity index (χ1) is 11.6. The molecule has 7 nitrogen and oxygen atoms in total. The van der Waals surface area contributed by atoms with Gasteiger partial charge in [-0.1, -0.05) is 39.9 Å². The molecule has 0 spiro atoms. The van der Waals surface area contributed by atoms with Gasteiger partial charge in [-0.2, -0.15) is 4.98 Å². The maximum atomic E-state index is 11.9. The minimum atomic E-state index is -0.176. The summed E-state index contributed by atoms with van der Waals surface area (Å²) in [6, 6.07) is 7.13. The van der Waals surface area contributed by atoms with E-state index in [0.29, 0.717) is 28.3 Å². The molecule has 10 heteroatoms. The molecule has 0 aliphatic rings. The second-order valence-electron chi connectivity index (χ2n) is 4.64. The number of benzene rings is 1. The number of aryl methyl sites for hydroxylation is 1. The van der Waals surface area contributed by atoms with E-state index in [-0.39, 0.29) is 12.3 Å². The third kappa shape index (κ3) is 4.31. The van der Waals surface area contributed by atoms with Crippen LogP contribution < -0.4 is 5.32 Å². The Kier molecular flexibility index (Phi) is 5.44. The number of hydrogen-bond acceptors (Lipinski definition) is 8. The van der Waals surface area contributed by atoms with E-state index < -0.39 is 0 Å². The molecule has 1 N–H and O–H groups in total. The van der Waals surface area contributed by atoms with Gasteiger partial charge in [0.05, 0.1) is 0 Å². The number of nitrogens with one attached hydrogen (secondary N) is 1. The van der Waals surface area contributed by atoms with Crippen LogP contribution in [-0.4, -0.2) is 32.5 Å². The van der Waals surface area contributed by atoms with Gasteiger partial charge in [0, 0.05) is 23.4 Å². The van der Waals surface area contributed by atoms with Gasteiger partial charge in [-0.25, -0.2) is 0 Å². The summed E-state index contributed by atoms with van der Waals surface area (Å²) in [6.45, 7) is 0. The van der Waals surface area contributed by atoms with Crippen molar-refractivity contribution in [3.05, 3.63) is 35.2 Å². The SMILES string of the molecule is CSc1nnc(NC(=O)CCc2nc(-c3ccc(Cl)cc3)no2)s1. The number of carbonyl (C=O) groups is 1. The van der Waals surface area contributed by atoms with Crippen LogP contribution in [0.5, 0.6) is 0 Å². The van der Waals surface area contributed by atoms with Gasteiger partial charge >= 0.3 is 0 Å². The summed E-state index contributed by atoms with van der Waals surface area (Å²) in [4.78, 5) is 16.2. The van der Waals surface area contributed by atoms with E-state index in [9.17, 15) is 4.79 Å². The zero-order valence-corrected chi connectivity index (χ0v) is 14.9. The van der Waals surface area contributed by atoms with Crippen LogP contribution in [0.1, 0.15) is 12.3 Å². The van der Waals surface area contributed by atoms with Gasteiger partial charge in [0.25, 0.3) is 0 Å². The lowest BCUT2D eigenvalue weighted by molar-refractivity contribution is -0.116. The molecule has 0 atom stereocenters. The summed E-state index contributed by atoms with van der Waals surface area (Å²) < 4.78 is 5.97. The number of thioether (sulfide) groups is 1. The topological polar surface area (TPSA) is 93.8 Å². The van der Waals surface area contributed by atoms with Gasteiger partial charge in [0.2, 0.25) is 22.8 Å². The molecule has 2 aromatic heterocycles. The Morgan fingerprint density at radius 3 is 2.83 bits per heavy atom. The van der Waals surface area contributed by atoms with Gasteiger partial charge in [-0.05, 0) is 30.5 Å². The second kappa shape index (κ2) is 7.73. The first kappa shape index (κ1) is 16.9. The summed E-state index contributed by atoms with van der Waals surface area (Å²) in [5, 5.41) is 15.5. The van der Waals surface area contributed by atoms with Crippen molar-refractivity contribution < 1.29 is 9.32 Å². The Labute approximate surface area is 150 Å². The van der Waals surface area contributed by atoms with E-state index >= 15 is 0 Å². The number of nitrogens with zero attached hydrogens (tertiary/aromatic N) is 4. The Bertz CT molecular complexity index is 834. The Morgan fingerprint density at radius 1 is 1.33 bits per heavy atom. The number of rotatable bonds is 6. The highest BCUT2D eigenvalue weighted by Crippen LogP contribution is 2.23. The Morgan fingerprint density at radius 2 is 2.12 bits per heavy atom. The minimum absolute atomic E-state index is 0.176. The molecule has 3 aromatic rings. The monoisotopic (exact) mass is 381 g/mol. The molecule has 1 amide bonds. The minimum Gasteiger partial charge on any atom is -0.339 e. The Hall–Kier alpha value is -1.97. The largest absolute Gasteiger partial charge is 0.339 e. The average molecular weight is 382 g/mol. The molecule has 0 saturated carbocycles. The molecule has 0 radical (unpaired) electrons.